The molecular weight excluding hydrogens is 256 g/mol. The Bertz CT molecular complexity index is 619. The summed E-state index contributed by atoms with van der Waals surface area (Å²) in [4.78, 5) is 14.0. The summed E-state index contributed by atoms with van der Waals surface area (Å²) in [5.74, 6) is 1.90. The molecule has 2 N–H and O–H groups in total. The number of hydrogen-bond acceptors (Lipinski definition) is 4. The van der Waals surface area contributed by atoms with Gasteiger partial charge in [-0.25, -0.2) is 0 Å². The van der Waals surface area contributed by atoms with E-state index >= 15 is 0 Å². The van der Waals surface area contributed by atoms with Crippen LogP contribution < -0.4 is 10.5 Å². The quantitative estimate of drug-likeness (QED) is 0.869. The molecule has 0 aliphatic carbocycles. The molecule has 0 unspecified atom stereocenters. The number of nitrogens with zero attached hydrogens (tertiary/aromatic N) is 1. The van der Waals surface area contributed by atoms with Crippen molar-refractivity contribution in [2.24, 2.45) is 0 Å². The third-order valence-electron chi connectivity index (χ3n) is 2.99. The van der Waals surface area contributed by atoms with Crippen LogP contribution >= 0.6 is 0 Å². The Hall–Kier alpha value is -2.43. The van der Waals surface area contributed by atoms with Crippen LogP contribution in [0.5, 0.6) is 5.75 Å². The number of nitrogens with two attached hydrogens (primary N) is 1. The molecule has 1 aromatic heterocycles. The SMILES string of the molecule is COc1cc(N)ccc1C(=O)N(C)Cc1ccc(C)o1. The molecule has 0 fully saturated rings. The van der Waals surface area contributed by atoms with Crippen molar-refractivity contribution in [3.05, 3.63) is 47.4 Å². The third kappa shape index (κ3) is 2.93. The van der Waals surface area contributed by atoms with E-state index in [1.165, 1.54) is 7.11 Å². The zero-order chi connectivity index (χ0) is 14.7. The maximum atomic E-state index is 12.4. The van der Waals surface area contributed by atoms with Gasteiger partial charge in [-0.05, 0) is 31.2 Å². The zero-order valence-corrected chi connectivity index (χ0v) is 11.8. The van der Waals surface area contributed by atoms with Crippen molar-refractivity contribution in [3.63, 3.8) is 0 Å². The number of methoxy groups -OCH3 is 1. The lowest BCUT2D eigenvalue weighted by Crippen LogP contribution is -2.26. The summed E-state index contributed by atoms with van der Waals surface area (Å²) in [5.41, 5.74) is 6.72. The van der Waals surface area contributed by atoms with E-state index in [0.29, 0.717) is 23.5 Å². The topological polar surface area (TPSA) is 68.7 Å². The molecule has 0 radical (unpaired) electrons. The summed E-state index contributed by atoms with van der Waals surface area (Å²) in [6.45, 7) is 2.27. The van der Waals surface area contributed by atoms with Gasteiger partial charge >= 0.3 is 0 Å². The molecule has 2 aromatic rings. The van der Waals surface area contributed by atoms with Gasteiger partial charge in [0.1, 0.15) is 17.3 Å². The van der Waals surface area contributed by atoms with Crippen molar-refractivity contribution in [1.82, 2.24) is 4.90 Å². The molecule has 0 spiro atoms. The maximum Gasteiger partial charge on any atom is 0.257 e. The molecule has 106 valence electrons. The van der Waals surface area contributed by atoms with Crippen LogP contribution in [-0.4, -0.2) is 25.0 Å². The fraction of sp³-hybridized carbons (Fsp3) is 0.267. The summed E-state index contributed by atoms with van der Waals surface area (Å²) >= 11 is 0. The van der Waals surface area contributed by atoms with Gasteiger partial charge < -0.3 is 19.8 Å². The van der Waals surface area contributed by atoms with Crippen LogP contribution in [-0.2, 0) is 6.54 Å². The molecule has 5 heteroatoms. The van der Waals surface area contributed by atoms with Crippen LogP contribution in [0.1, 0.15) is 21.9 Å². The van der Waals surface area contributed by atoms with Gasteiger partial charge in [0.25, 0.3) is 5.91 Å². The lowest BCUT2D eigenvalue weighted by molar-refractivity contribution is 0.0771. The lowest BCUT2D eigenvalue weighted by atomic mass is 10.1. The van der Waals surface area contributed by atoms with Crippen molar-refractivity contribution < 1.29 is 13.9 Å². The fourth-order valence-electron chi connectivity index (χ4n) is 1.97. The molecule has 0 saturated carbocycles. The summed E-state index contributed by atoms with van der Waals surface area (Å²) in [5, 5.41) is 0. The molecule has 20 heavy (non-hydrogen) atoms. The Labute approximate surface area is 117 Å². The van der Waals surface area contributed by atoms with E-state index in [9.17, 15) is 4.79 Å². The fourth-order valence-corrected chi connectivity index (χ4v) is 1.97. The first-order chi connectivity index (χ1) is 9.51. The minimum Gasteiger partial charge on any atom is -0.496 e. The van der Waals surface area contributed by atoms with Crippen molar-refractivity contribution >= 4 is 11.6 Å². The van der Waals surface area contributed by atoms with Gasteiger partial charge in [0.05, 0.1) is 19.2 Å². The Morgan fingerprint density at radius 3 is 2.70 bits per heavy atom. The van der Waals surface area contributed by atoms with E-state index in [-0.39, 0.29) is 5.91 Å². The highest BCUT2D eigenvalue weighted by Crippen LogP contribution is 2.23. The highest BCUT2D eigenvalue weighted by Gasteiger charge is 2.17. The number of benzene rings is 1. The number of rotatable bonds is 4. The van der Waals surface area contributed by atoms with Gasteiger partial charge in [0.2, 0.25) is 0 Å². The molecule has 0 aliphatic rings. The van der Waals surface area contributed by atoms with Crippen LogP contribution in [0.4, 0.5) is 5.69 Å². The second-order valence-corrected chi connectivity index (χ2v) is 4.63. The summed E-state index contributed by atoms with van der Waals surface area (Å²) in [6.07, 6.45) is 0. The molecule has 0 aliphatic heterocycles. The standard InChI is InChI=1S/C15H18N2O3/c1-10-4-6-12(20-10)9-17(2)15(18)13-7-5-11(16)8-14(13)19-3/h4-8H,9,16H2,1-3H3. The van der Waals surface area contributed by atoms with Crippen LogP contribution in [0.2, 0.25) is 0 Å². The Morgan fingerprint density at radius 1 is 1.35 bits per heavy atom. The number of carbonyl (C=O) groups is 1. The second kappa shape index (κ2) is 5.69. The summed E-state index contributed by atoms with van der Waals surface area (Å²) < 4.78 is 10.7. The molecule has 1 amide bonds. The number of carbonyl (C=O) groups excluding carboxylic acids is 1. The van der Waals surface area contributed by atoms with E-state index < -0.39 is 0 Å². The van der Waals surface area contributed by atoms with Gasteiger partial charge in [-0.2, -0.15) is 0 Å². The van der Waals surface area contributed by atoms with Crippen molar-refractivity contribution in [3.8, 4) is 5.75 Å². The van der Waals surface area contributed by atoms with Gasteiger partial charge in [-0.1, -0.05) is 0 Å². The predicted octanol–water partition coefficient (Wildman–Crippen LogP) is 2.45. The van der Waals surface area contributed by atoms with Crippen molar-refractivity contribution in [1.29, 1.82) is 0 Å². The van der Waals surface area contributed by atoms with Gasteiger partial charge in [0, 0.05) is 18.8 Å². The molecule has 1 aromatic carbocycles. The molecular formula is C15H18N2O3. The van der Waals surface area contributed by atoms with E-state index in [1.807, 2.05) is 19.1 Å². The molecule has 2 rings (SSSR count). The smallest absolute Gasteiger partial charge is 0.257 e. The second-order valence-electron chi connectivity index (χ2n) is 4.63. The van der Waals surface area contributed by atoms with Gasteiger partial charge in [-0.15, -0.1) is 0 Å². The average Bonchev–Trinajstić information content (AvgIpc) is 2.83. The zero-order valence-electron chi connectivity index (χ0n) is 11.8. The Balaban J connectivity index is 2.18. The number of aryl methyl sites for hydroxylation is 1. The number of furan rings is 1. The molecule has 0 saturated heterocycles. The Morgan fingerprint density at radius 2 is 2.10 bits per heavy atom. The van der Waals surface area contributed by atoms with Crippen LogP contribution in [0.15, 0.2) is 34.7 Å². The largest absolute Gasteiger partial charge is 0.496 e. The first kappa shape index (κ1) is 14.0. The highest BCUT2D eigenvalue weighted by molar-refractivity contribution is 5.97. The summed E-state index contributed by atoms with van der Waals surface area (Å²) in [7, 11) is 3.23. The van der Waals surface area contributed by atoms with E-state index in [2.05, 4.69) is 0 Å². The number of ether oxygens (including phenoxy) is 1. The predicted molar refractivity (Wildman–Crippen MR) is 76.6 cm³/mol. The van der Waals surface area contributed by atoms with E-state index in [1.54, 1.807) is 30.1 Å². The van der Waals surface area contributed by atoms with E-state index in [4.69, 9.17) is 14.9 Å². The van der Waals surface area contributed by atoms with Crippen LogP contribution in [0.3, 0.4) is 0 Å². The summed E-state index contributed by atoms with van der Waals surface area (Å²) in [6, 6.07) is 8.72. The van der Waals surface area contributed by atoms with Gasteiger partial charge in [0.15, 0.2) is 0 Å². The monoisotopic (exact) mass is 274 g/mol. The first-order valence-corrected chi connectivity index (χ1v) is 6.25. The first-order valence-electron chi connectivity index (χ1n) is 6.25. The Kier molecular flexibility index (Phi) is 3.98. The highest BCUT2D eigenvalue weighted by atomic mass is 16.5. The number of anilines is 1. The third-order valence-corrected chi connectivity index (χ3v) is 2.99. The van der Waals surface area contributed by atoms with Gasteiger partial charge in [-0.3, -0.25) is 4.79 Å². The van der Waals surface area contributed by atoms with Crippen molar-refractivity contribution in [2.75, 3.05) is 19.9 Å². The number of nitrogen functional groups attached to an aromatic ring is 1. The number of amides is 1. The van der Waals surface area contributed by atoms with Crippen molar-refractivity contribution in [2.45, 2.75) is 13.5 Å². The van der Waals surface area contributed by atoms with Crippen LogP contribution in [0.25, 0.3) is 0 Å². The molecule has 0 atom stereocenters. The minimum atomic E-state index is -0.143. The lowest BCUT2D eigenvalue weighted by Gasteiger charge is -2.17. The molecule has 0 bridgehead atoms. The van der Waals surface area contributed by atoms with E-state index in [0.717, 1.165) is 11.5 Å². The number of hydrogen-bond donors (Lipinski definition) is 1. The normalized spacial score (nSPS) is 10.3. The maximum absolute atomic E-state index is 12.4. The van der Waals surface area contributed by atoms with Crippen LogP contribution in [0, 0.1) is 6.92 Å². The average molecular weight is 274 g/mol. The minimum absolute atomic E-state index is 0.143. The molecule has 1 heterocycles. The molecule has 5 nitrogen and oxygen atoms in total.